The Morgan fingerprint density at radius 3 is 2.83 bits per heavy atom. The molecule has 2 aromatic heterocycles. The molecule has 0 bridgehead atoms. The number of anilines is 1. The van der Waals surface area contributed by atoms with Crippen molar-refractivity contribution in [1.82, 2.24) is 19.9 Å². The Morgan fingerprint density at radius 1 is 1.25 bits per heavy atom. The number of pyridine rings is 1. The van der Waals surface area contributed by atoms with E-state index >= 15 is 0 Å². The predicted octanol–water partition coefficient (Wildman–Crippen LogP) is 1.38. The van der Waals surface area contributed by atoms with Gasteiger partial charge in [0.05, 0.1) is 13.2 Å². The number of nitrogens with two attached hydrogens (primary N) is 1. The first-order chi connectivity index (χ1) is 11.7. The van der Waals surface area contributed by atoms with Crippen LogP contribution in [0.2, 0.25) is 0 Å². The number of nitrogen functional groups attached to an aromatic ring is 1. The van der Waals surface area contributed by atoms with Gasteiger partial charge in [-0.25, -0.2) is 4.98 Å². The number of hydrogen-bond donors (Lipinski definition) is 1. The molecule has 0 aromatic carbocycles. The maximum absolute atomic E-state index is 12.4. The molecule has 2 aromatic rings. The Labute approximate surface area is 140 Å². The minimum atomic E-state index is -0.309. The largest absolute Gasteiger partial charge is 0.382 e. The highest BCUT2D eigenvalue weighted by molar-refractivity contribution is 5.76. The normalized spacial score (nSPS) is 17.7. The van der Waals surface area contributed by atoms with Gasteiger partial charge in [-0.3, -0.25) is 14.8 Å². The fraction of sp³-hybridized carbons (Fsp3) is 0.412. The highest BCUT2D eigenvalue weighted by Gasteiger charge is 2.27. The Bertz CT molecular complexity index is 680. The zero-order valence-corrected chi connectivity index (χ0v) is 13.5. The van der Waals surface area contributed by atoms with Gasteiger partial charge in [-0.1, -0.05) is 0 Å². The smallest absolute Gasteiger partial charge is 0.222 e. The zero-order valence-electron chi connectivity index (χ0n) is 13.5. The van der Waals surface area contributed by atoms with Gasteiger partial charge in [0.15, 0.2) is 0 Å². The van der Waals surface area contributed by atoms with Crippen molar-refractivity contribution in [3.05, 3.63) is 48.2 Å². The minimum absolute atomic E-state index is 0.139. The summed E-state index contributed by atoms with van der Waals surface area (Å²) in [5.41, 5.74) is 7.66. The van der Waals surface area contributed by atoms with Gasteiger partial charge in [-0.2, -0.15) is 0 Å². The lowest BCUT2D eigenvalue weighted by molar-refractivity contribution is -0.139. The summed E-state index contributed by atoms with van der Waals surface area (Å²) in [5.74, 6) is 0.495. The maximum Gasteiger partial charge on any atom is 0.222 e. The van der Waals surface area contributed by atoms with Gasteiger partial charge in [0.25, 0.3) is 0 Å². The molecule has 0 spiro atoms. The third kappa shape index (κ3) is 4.05. The van der Waals surface area contributed by atoms with Crippen LogP contribution in [0.15, 0.2) is 36.9 Å². The van der Waals surface area contributed by atoms with Gasteiger partial charge in [0, 0.05) is 37.8 Å². The highest BCUT2D eigenvalue weighted by atomic mass is 16.5. The second kappa shape index (κ2) is 7.83. The van der Waals surface area contributed by atoms with E-state index in [1.165, 1.54) is 5.56 Å². The molecular formula is C17H21N5O2. The van der Waals surface area contributed by atoms with E-state index in [9.17, 15) is 4.79 Å². The van der Waals surface area contributed by atoms with Crippen LogP contribution in [-0.2, 0) is 16.0 Å². The first-order valence-corrected chi connectivity index (χ1v) is 8.08. The molecule has 1 saturated heterocycles. The van der Waals surface area contributed by atoms with Crippen molar-refractivity contribution >= 4 is 11.7 Å². The van der Waals surface area contributed by atoms with E-state index in [0.717, 1.165) is 12.8 Å². The highest BCUT2D eigenvalue weighted by Crippen LogP contribution is 2.24. The number of nitrogens with zero attached hydrogens (tertiary/aromatic N) is 4. The lowest BCUT2D eigenvalue weighted by Crippen LogP contribution is -2.42. The summed E-state index contributed by atoms with van der Waals surface area (Å²) in [4.78, 5) is 26.5. The summed E-state index contributed by atoms with van der Waals surface area (Å²) in [7, 11) is 0. The molecule has 126 valence electrons. The van der Waals surface area contributed by atoms with E-state index in [1.54, 1.807) is 24.8 Å². The lowest BCUT2D eigenvalue weighted by atomic mass is 10.1. The Kier molecular flexibility index (Phi) is 5.32. The molecule has 1 amide bonds. The maximum atomic E-state index is 12.4. The molecule has 0 aliphatic carbocycles. The van der Waals surface area contributed by atoms with E-state index in [4.69, 9.17) is 10.5 Å². The van der Waals surface area contributed by atoms with Crippen LogP contribution in [0.3, 0.4) is 0 Å². The Hall–Kier alpha value is -2.54. The van der Waals surface area contributed by atoms with Crippen molar-refractivity contribution in [2.75, 3.05) is 25.4 Å². The number of ether oxygens (including phenoxy) is 1. The van der Waals surface area contributed by atoms with Crippen LogP contribution < -0.4 is 5.73 Å². The molecule has 0 saturated carbocycles. The monoisotopic (exact) mass is 327 g/mol. The molecule has 1 aliphatic rings. The van der Waals surface area contributed by atoms with Gasteiger partial charge in [-0.15, -0.1) is 0 Å². The minimum Gasteiger partial charge on any atom is -0.382 e. The average Bonchev–Trinajstić information content (AvgIpc) is 2.63. The Balaban J connectivity index is 1.52. The standard InChI is InChI=1S/C17H21N5O2/c18-17-16(20-8-9-21-17)14-12-22(10-11-24-14)15(23)3-1-2-13-4-6-19-7-5-13/h4-9,14H,1-3,10-12H2,(H2,18,21)/t14-/m1/s1. The van der Waals surface area contributed by atoms with Crippen LogP contribution in [0.4, 0.5) is 5.82 Å². The molecule has 1 atom stereocenters. The first-order valence-electron chi connectivity index (χ1n) is 8.08. The number of rotatable bonds is 5. The second-order valence-corrected chi connectivity index (χ2v) is 5.74. The van der Waals surface area contributed by atoms with E-state index in [0.29, 0.717) is 37.6 Å². The van der Waals surface area contributed by atoms with Gasteiger partial charge in [0.2, 0.25) is 5.91 Å². The molecule has 24 heavy (non-hydrogen) atoms. The fourth-order valence-corrected chi connectivity index (χ4v) is 2.80. The molecule has 7 nitrogen and oxygen atoms in total. The van der Waals surface area contributed by atoms with Gasteiger partial charge >= 0.3 is 0 Å². The van der Waals surface area contributed by atoms with Crippen LogP contribution in [-0.4, -0.2) is 45.5 Å². The van der Waals surface area contributed by atoms with Gasteiger partial charge in [-0.05, 0) is 30.5 Å². The zero-order chi connectivity index (χ0) is 16.8. The molecule has 3 heterocycles. The van der Waals surface area contributed by atoms with Crippen LogP contribution in [0, 0.1) is 0 Å². The van der Waals surface area contributed by atoms with E-state index < -0.39 is 0 Å². The van der Waals surface area contributed by atoms with Crippen LogP contribution in [0.5, 0.6) is 0 Å². The third-order valence-electron chi connectivity index (χ3n) is 4.09. The van der Waals surface area contributed by atoms with Gasteiger partial charge < -0.3 is 15.4 Å². The molecule has 1 aliphatic heterocycles. The number of amides is 1. The molecule has 2 N–H and O–H groups in total. The number of carbonyl (C=O) groups is 1. The van der Waals surface area contributed by atoms with E-state index in [2.05, 4.69) is 15.0 Å². The summed E-state index contributed by atoms with van der Waals surface area (Å²) in [6.45, 7) is 1.55. The summed E-state index contributed by atoms with van der Waals surface area (Å²) in [6, 6.07) is 3.96. The summed E-state index contributed by atoms with van der Waals surface area (Å²) < 4.78 is 5.72. The van der Waals surface area contributed by atoms with Crippen molar-refractivity contribution < 1.29 is 9.53 Å². The molecule has 0 radical (unpaired) electrons. The van der Waals surface area contributed by atoms with Crippen LogP contribution >= 0.6 is 0 Å². The fourth-order valence-electron chi connectivity index (χ4n) is 2.80. The molecule has 7 heteroatoms. The number of hydrogen-bond acceptors (Lipinski definition) is 6. The van der Waals surface area contributed by atoms with Gasteiger partial charge in [0.1, 0.15) is 17.6 Å². The Morgan fingerprint density at radius 2 is 2.04 bits per heavy atom. The van der Waals surface area contributed by atoms with E-state index in [-0.39, 0.29) is 12.0 Å². The van der Waals surface area contributed by atoms with Crippen molar-refractivity contribution in [1.29, 1.82) is 0 Å². The van der Waals surface area contributed by atoms with Crippen molar-refractivity contribution in [3.8, 4) is 0 Å². The van der Waals surface area contributed by atoms with Crippen molar-refractivity contribution in [2.45, 2.75) is 25.4 Å². The molecule has 0 unspecified atom stereocenters. The number of morpholine rings is 1. The van der Waals surface area contributed by atoms with E-state index in [1.807, 2.05) is 17.0 Å². The third-order valence-corrected chi connectivity index (χ3v) is 4.09. The average molecular weight is 327 g/mol. The SMILES string of the molecule is Nc1nccnc1[C@H]1CN(C(=O)CCCc2ccncc2)CCO1. The number of carbonyl (C=O) groups excluding carboxylic acids is 1. The molecule has 1 fully saturated rings. The quantitative estimate of drug-likeness (QED) is 0.891. The lowest BCUT2D eigenvalue weighted by Gasteiger charge is -2.33. The van der Waals surface area contributed by atoms with Crippen molar-refractivity contribution in [2.24, 2.45) is 0 Å². The summed E-state index contributed by atoms with van der Waals surface area (Å²) >= 11 is 0. The second-order valence-electron chi connectivity index (χ2n) is 5.74. The molecular weight excluding hydrogens is 306 g/mol. The molecule has 3 rings (SSSR count). The predicted molar refractivity (Wildman–Crippen MR) is 88.9 cm³/mol. The summed E-state index contributed by atoms with van der Waals surface area (Å²) in [5, 5.41) is 0. The first kappa shape index (κ1) is 16.3. The topological polar surface area (TPSA) is 94.2 Å². The van der Waals surface area contributed by atoms with Crippen LogP contribution in [0.25, 0.3) is 0 Å². The van der Waals surface area contributed by atoms with Crippen molar-refractivity contribution in [3.63, 3.8) is 0 Å². The number of aromatic nitrogens is 3. The number of aryl methyl sites for hydroxylation is 1. The van der Waals surface area contributed by atoms with Crippen LogP contribution in [0.1, 0.15) is 30.2 Å². The summed E-state index contributed by atoms with van der Waals surface area (Å²) in [6.07, 6.45) is 8.58.